The first-order valence-corrected chi connectivity index (χ1v) is 11.5. The van der Waals surface area contributed by atoms with Gasteiger partial charge in [-0.3, -0.25) is 0 Å². The lowest BCUT2D eigenvalue weighted by Gasteiger charge is -2.17. The van der Waals surface area contributed by atoms with E-state index >= 15 is 0 Å². The Labute approximate surface area is 192 Å². The molecule has 7 rings (SSSR count). The van der Waals surface area contributed by atoms with E-state index in [0.29, 0.717) is 0 Å². The topological polar surface area (TPSA) is 0 Å². The number of benzene rings is 7. The van der Waals surface area contributed by atoms with E-state index in [2.05, 4.69) is 122 Å². The standard InChI is InChI=1S/C33H22/c1-21-25-11-4-6-13-29(25)33(30-14-7-5-12-26(21)30)31-16-8-15-27-28(31)18-17-24-19-22-9-2-3-10-23(22)20-32(24)27/h2-20H,1H3. The zero-order chi connectivity index (χ0) is 21.9. The summed E-state index contributed by atoms with van der Waals surface area (Å²) in [6.07, 6.45) is 0. The number of fused-ring (bicyclic) bond motifs is 6. The van der Waals surface area contributed by atoms with Gasteiger partial charge in [0.1, 0.15) is 0 Å². The van der Waals surface area contributed by atoms with E-state index in [1.807, 2.05) is 0 Å². The predicted molar refractivity (Wildman–Crippen MR) is 144 cm³/mol. The van der Waals surface area contributed by atoms with Crippen LogP contribution in [0.4, 0.5) is 0 Å². The lowest BCUT2D eigenvalue weighted by molar-refractivity contribution is 1.58. The largest absolute Gasteiger partial charge is 0.0616 e. The van der Waals surface area contributed by atoms with Crippen LogP contribution in [0.2, 0.25) is 0 Å². The molecule has 0 N–H and O–H groups in total. The Morgan fingerprint density at radius 2 is 0.939 bits per heavy atom. The van der Waals surface area contributed by atoms with Crippen LogP contribution < -0.4 is 0 Å². The summed E-state index contributed by atoms with van der Waals surface area (Å²) in [5.41, 5.74) is 3.98. The molecule has 0 nitrogen and oxygen atoms in total. The minimum Gasteiger partial charge on any atom is -0.0616 e. The molecule has 0 radical (unpaired) electrons. The summed E-state index contributed by atoms with van der Waals surface area (Å²) in [7, 11) is 0. The lowest BCUT2D eigenvalue weighted by Crippen LogP contribution is -1.90. The van der Waals surface area contributed by atoms with Gasteiger partial charge in [0.05, 0.1) is 0 Å². The number of hydrogen-bond acceptors (Lipinski definition) is 0. The SMILES string of the molecule is Cc1c2ccccc2c(-c2cccc3c2ccc2cc4ccccc4cc23)c2ccccc12. The van der Waals surface area contributed by atoms with Gasteiger partial charge in [0.2, 0.25) is 0 Å². The van der Waals surface area contributed by atoms with Gasteiger partial charge in [-0.2, -0.15) is 0 Å². The minimum atomic E-state index is 1.29. The molecule has 0 aliphatic carbocycles. The average molecular weight is 419 g/mol. The van der Waals surface area contributed by atoms with Crippen molar-refractivity contribution >= 4 is 53.9 Å². The maximum atomic E-state index is 2.35. The van der Waals surface area contributed by atoms with Crippen molar-refractivity contribution in [3.05, 3.63) is 121 Å². The van der Waals surface area contributed by atoms with Crippen LogP contribution in [0.25, 0.3) is 65.0 Å². The maximum absolute atomic E-state index is 2.35. The van der Waals surface area contributed by atoms with Crippen LogP contribution in [-0.4, -0.2) is 0 Å². The first kappa shape index (κ1) is 18.4. The second-order valence-electron chi connectivity index (χ2n) is 8.98. The van der Waals surface area contributed by atoms with E-state index in [4.69, 9.17) is 0 Å². The van der Waals surface area contributed by atoms with Gasteiger partial charge in [0.15, 0.2) is 0 Å². The summed E-state index contributed by atoms with van der Waals surface area (Å²) in [6.45, 7) is 2.25. The third-order valence-corrected chi connectivity index (χ3v) is 7.21. The van der Waals surface area contributed by atoms with Crippen molar-refractivity contribution in [3.63, 3.8) is 0 Å². The lowest BCUT2D eigenvalue weighted by atomic mass is 9.86. The van der Waals surface area contributed by atoms with Crippen LogP contribution in [0.5, 0.6) is 0 Å². The highest BCUT2D eigenvalue weighted by atomic mass is 14.2. The molecule has 0 bridgehead atoms. The van der Waals surface area contributed by atoms with Crippen molar-refractivity contribution in [1.82, 2.24) is 0 Å². The van der Waals surface area contributed by atoms with Crippen LogP contribution in [0, 0.1) is 6.92 Å². The van der Waals surface area contributed by atoms with Crippen molar-refractivity contribution in [2.75, 3.05) is 0 Å². The Hall–Kier alpha value is -4.16. The average Bonchev–Trinajstić information content (AvgIpc) is 2.88. The molecule has 7 aromatic rings. The van der Waals surface area contributed by atoms with Gasteiger partial charge < -0.3 is 0 Å². The zero-order valence-corrected chi connectivity index (χ0v) is 18.5. The highest BCUT2D eigenvalue weighted by Gasteiger charge is 2.15. The first-order chi connectivity index (χ1) is 16.3. The van der Waals surface area contributed by atoms with E-state index in [0.717, 1.165) is 0 Å². The van der Waals surface area contributed by atoms with E-state index < -0.39 is 0 Å². The third kappa shape index (κ3) is 2.64. The second-order valence-corrected chi connectivity index (χ2v) is 8.98. The summed E-state index contributed by atoms with van der Waals surface area (Å²) >= 11 is 0. The van der Waals surface area contributed by atoms with Crippen molar-refractivity contribution in [2.45, 2.75) is 6.92 Å². The van der Waals surface area contributed by atoms with Gasteiger partial charge in [-0.25, -0.2) is 0 Å². The molecule has 0 heteroatoms. The molecule has 7 aromatic carbocycles. The molecule has 0 saturated heterocycles. The normalized spacial score (nSPS) is 11.8. The van der Waals surface area contributed by atoms with Crippen molar-refractivity contribution in [2.24, 2.45) is 0 Å². The Morgan fingerprint density at radius 3 is 1.64 bits per heavy atom. The molecule has 0 aliphatic rings. The molecule has 0 spiro atoms. The molecule has 0 saturated carbocycles. The molecule has 0 aromatic heterocycles. The Balaban J connectivity index is 1.66. The zero-order valence-electron chi connectivity index (χ0n) is 18.5. The van der Waals surface area contributed by atoms with Gasteiger partial charge in [-0.15, -0.1) is 0 Å². The molecule has 154 valence electrons. The molecule has 0 fully saturated rings. The Bertz CT molecular complexity index is 1810. The summed E-state index contributed by atoms with van der Waals surface area (Å²) in [6, 6.07) is 42.4. The molecule has 0 heterocycles. The van der Waals surface area contributed by atoms with Gasteiger partial charge in [0, 0.05) is 0 Å². The molecular weight excluding hydrogens is 396 g/mol. The van der Waals surface area contributed by atoms with Crippen molar-refractivity contribution in [1.29, 1.82) is 0 Å². The van der Waals surface area contributed by atoms with E-state index in [9.17, 15) is 0 Å². The fraction of sp³-hybridized carbons (Fsp3) is 0.0303. The number of aryl methyl sites for hydroxylation is 1. The highest BCUT2D eigenvalue weighted by Crippen LogP contribution is 2.42. The van der Waals surface area contributed by atoms with E-state index in [1.54, 1.807) is 0 Å². The minimum absolute atomic E-state index is 1.29. The highest BCUT2D eigenvalue weighted by molar-refractivity contribution is 6.21. The quantitative estimate of drug-likeness (QED) is 0.184. The number of hydrogen-bond donors (Lipinski definition) is 0. The molecule has 0 unspecified atom stereocenters. The van der Waals surface area contributed by atoms with Crippen molar-refractivity contribution < 1.29 is 0 Å². The monoisotopic (exact) mass is 418 g/mol. The molecular formula is C33H22. The molecule has 33 heavy (non-hydrogen) atoms. The fourth-order valence-electron chi connectivity index (χ4n) is 5.64. The second kappa shape index (κ2) is 6.92. The Morgan fingerprint density at radius 1 is 0.364 bits per heavy atom. The molecule has 0 atom stereocenters. The summed E-state index contributed by atoms with van der Waals surface area (Å²) in [5.74, 6) is 0. The van der Waals surface area contributed by atoms with Crippen LogP contribution in [0.15, 0.2) is 115 Å². The third-order valence-electron chi connectivity index (χ3n) is 7.21. The van der Waals surface area contributed by atoms with Crippen LogP contribution in [0.1, 0.15) is 5.56 Å². The Kier molecular flexibility index (Phi) is 3.86. The molecule has 0 amide bonds. The van der Waals surface area contributed by atoms with E-state index in [-0.39, 0.29) is 0 Å². The van der Waals surface area contributed by atoms with E-state index in [1.165, 1.54) is 70.6 Å². The summed E-state index contributed by atoms with van der Waals surface area (Å²) in [4.78, 5) is 0. The first-order valence-electron chi connectivity index (χ1n) is 11.5. The smallest absolute Gasteiger partial charge is 0.00204 e. The van der Waals surface area contributed by atoms with Gasteiger partial charge in [0.25, 0.3) is 0 Å². The van der Waals surface area contributed by atoms with Crippen LogP contribution in [-0.2, 0) is 0 Å². The summed E-state index contributed by atoms with van der Waals surface area (Å²) in [5, 5.41) is 13.1. The van der Waals surface area contributed by atoms with Gasteiger partial charge in [-0.1, -0.05) is 103 Å². The van der Waals surface area contributed by atoms with Crippen molar-refractivity contribution in [3.8, 4) is 11.1 Å². The molecule has 0 aliphatic heterocycles. The van der Waals surface area contributed by atoms with Gasteiger partial charge in [-0.05, 0) is 89.6 Å². The van der Waals surface area contributed by atoms with Gasteiger partial charge >= 0.3 is 0 Å². The van der Waals surface area contributed by atoms with Crippen LogP contribution in [0.3, 0.4) is 0 Å². The maximum Gasteiger partial charge on any atom is -0.00204 e. The number of rotatable bonds is 1. The fourth-order valence-corrected chi connectivity index (χ4v) is 5.64. The van der Waals surface area contributed by atoms with Crippen LogP contribution >= 0.6 is 0 Å². The predicted octanol–water partition coefficient (Wildman–Crippen LogP) is 9.43. The summed E-state index contributed by atoms with van der Waals surface area (Å²) < 4.78 is 0.